The number of amides is 1. The third-order valence-corrected chi connectivity index (χ3v) is 6.09. The van der Waals surface area contributed by atoms with E-state index in [1.54, 1.807) is 0 Å². The maximum atomic E-state index is 12.3. The van der Waals surface area contributed by atoms with Gasteiger partial charge in [-0.15, -0.1) is 0 Å². The first-order valence-electron chi connectivity index (χ1n) is 7.09. The van der Waals surface area contributed by atoms with Gasteiger partial charge in [-0.3, -0.25) is 9.79 Å². The van der Waals surface area contributed by atoms with Crippen molar-refractivity contribution in [2.75, 3.05) is 4.43 Å². The lowest BCUT2D eigenvalue weighted by Gasteiger charge is -2.44. The first-order chi connectivity index (χ1) is 11.0. The quantitative estimate of drug-likeness (QED) is 0.318. The molecule has 2 heterocycles. The molecule has 1 aromatic rings. The summed E-state index contributed by atoms with van der Waals surface area (Å²) < 4.78 is 0.498. The summed E-state index contributed by atoms with van der Waals surface area (Å²) >= 11 is 3.55. The zero-order valence-electron chi connectivity index (χ0n) is 12.2. The molecule has 1 saturated heterocycles. The summed E-state index contributed by atoms with van der Waals surface area (Å²) in [4.78, 5) is 29.7. The SMILES string of the molecule is C=C(CI)C(C(=O)O)N1C(=O)C2N=C(Cc3ccccc3)SC21. The van der Waals surface area contributed by atoms with Crippen LogP contribution < -0.4 is 0 Å². The Kier molecular flexibility index (Phi) is 4.77. The number of benzene rings is 1. The van der Waals surface area contributed by atoms with Gasteiger partial charge in [0, 0.05) is 10.8 Å². The van der Waals surface area contributed by atoms with Gasteiger partial charge in [0.1, 0.15) is 5.37 Å². The number of rotatable bonds is 6. The first-order valence-corrected chi connectivity index (χ1v) is 9.49. The van der Waals surface area contributed by atoms with Crippen LogP contribution in [0.2, 0.25) is 0 Å². The Morgan fingerprint density at radius 2 is 2.13 bits per heavy atom. The molecule has 1 N–H and O–H groups in total. The lowest BCUT2D eigenvalue weighted by Crippen LogP contribution is -2.66. The van der Waals surface area contributed by atoms with Crippen molar-refractivity contribution in [1.29, 1.82) is 0 Å². The Balaban J connectivity index is 1.73. The number of fused-ring (bicyclic) bond motifs is 1. The molecular formula is C16H15IN2O3S. The lowest BCUT2D eigenvalue weighted by molar-refractivity contribution is -0.157. The van der Waals surface area contributed by atoms with Crippen molar-refractivity contribution in [2.24, 2.45) is 4.99 Å². The minimum atomic E-state index is -1.03. The average molecular weight is 442 g/mol. The molecule has 0 saturated carbocycles. The number of thioether (sulfide) groups is 1. The topological polar surface area (TPSA) is 70.0 Å². The van der Waals surface area contributed by atoms with E-state index in [1.807, 2.05) is 30.3 Å². The zero-order chi connectivity index (χ0) is 16.6. The highest BCUT2D eigenvalue weighted by Crippen LogP contribution is 2.42. The highest BCUT2D eigenvalue weighted by atomic mass is 127. The van der Waals surface area contributed by atoms with E-state index in [0.29, 0.717) is 16.4 Å². The minimum absolute atomic E-state index is 0.219. The molecule has 0 bridgehead atoms. The summed E-state index contributed by atoms with van der Waals surface area (Å²) in [6.07, 6.45) is 0.671. The van der Waals surface area contributed by atoms with Crippen LogP contribution in [0.25, 0.3) is 0 Å². The maximum absolute atomic E-state index is 12.3. The largest absolute Gasteiger partial charge is 0.479 e. The van der Waals surface area contributed by atoms with Gasteiger partial charge in [-0.05, 0) is 11.1 Å². The molecule has 0 spiro atoms. The van der Waals surface area contributed by atoms with E-state index < -0.39 is 18.1 Å². The van der Waals surface area contributed by atoms with E-state index in [0.717, 1.165) is 10.6 Å². The normalized spacial score (nSPS) is 23.8. The summed E-state index contributed by atoms with van der Waals surface area (Å²) in [6.45, 7) is 3.80. The molecular weight excluding hydrogens is 427 g/mol. The Labute approximate surface area is 152 Å². The van der Waals surface area contributed by atoms with Crippen LogP contribution >= 0.6 is 34.4 Å². The number of nitrogens with zero attached hydrogens (tertiary/aromatic N) is 2. The predicted molar refractivity (Wildman–Crippen MR) is 99.0 cm³/mol. The number of likely N-dealkylation sites (tertiary alicyclic amines) is 1. The van der Waals surface area contributed by atoms with Gasteiger partial charge in [0.15, 0.2) is 12.1 Å². The summed E-state index contributed by atoms with van der Waals surface area (Å²) in [5, 5.41) is 10.1. The maximum Gasteiger partial charge on any atom is 0.330 e. The molecule has 3 rings (SSSR count). The van der Waals surface area contributed by atoms with Gasteiger partial charge in [0.05, 0.1) is 5.04 Å². The summed E-state index contributed by atoms with van der Waals surface area (Å²) in [7, 11) is 0. The van der Waals surface area contributed by atoms with Crippen molar-refractivity contribution < 1.29 is 14.7 Å². The van der Waals surface area contributed by atoms with Gasteiger partial charge in [-0.25, -0.2) is 4.79 Å². The molecule has 1 amide bonds. The lowest BCUT2D eigenvalue weighted by atomic mass is 10.00. The highest BCUT2D eigenvalue weighted by molar-refractivity contribution is 14.1. The summed E-state index contributed by atoms with van der Waals surface area (Å²) in [5.74, 6) is -1.25. The van der Waals surface area contributed by atoms with Crippen LogP contribution in [0, 0.1) is 0 Å². The molecule has 1 fully saturated rings. The van der Waals surface area contributed by atoms with Crippen LogP contribution in [-0.4, -0.2) is 48.8 Å². The molecule has 0 radical (unpaired) electrons. The number of carboxylic acid groups (broad SMARTS) is 1. The van der Waals surface area contributed by atoms with Gasteiger partial charge in [0.25, 0.3) is 5.91 Å². The molecule has 23 heavy (non-hydrogen) atoms. The van der Waals surface area contributed by atoms with Crippen molar-refractivity contribution in [1.82, 2.24) is 4.90 Å². The van der Waals surface area contributed by atoms with E-state index >= 15 is 0 Å². The van der Waals surface area contributed by atoms with Crippen molar-refractivity contribution in [3.63, 3.8) is 0 Å². The number of halogens is 1. The van der Waals surface area contributed by atoms with Crippen LogP contribution in [0.5, 0.6) is 0 Å². The number of alkyl halides is 1. The Bertz CT molecular complexity index is 692. The smallest absolute Gasteiger partial charge is 0.330 e. The second-order valence-electron chi connectivity index (χ2n) is 5.42. The van der Waals surface area contributed by atoms with Crippen molar-refractivity contribution in [2.45, 2.75) is 23.9 Å². The monoisotopic (exact) mass is 442 g/mol. The third kappa shape index (κ3) is 3.03. The van der Waals surface area contributed by atoms with Crippen LogP contribution in [0.15, 0.2) is 47.5 Å². The van der Waals surface area contributed by atoms with Gasteiger partial charge in [-0.2, -0.15) is 0 Å². The number of aliphatic carboxylic acids is 1. The molecule has 2 aliphatic rings. The molecule has 3 unspecified atom stereocenters. The zero-order valence-corrected chi connectivity index (χ0v) is 15.2. The molecule has 3 atom stereocenters. The Hall–Kier alpha value is -1.35. The van der Waals surface area contributed by atoms with Crippen LogP contribution in [0.1, 0.15) is 5.56 Å². The highest BCUT2D eigenvalue weighted by Gasteiger charge is 2.56. The van der Waals surface area contributed by atoms with Crippen molar-refractivity contribution >= 4 is 51.3 Å². The fourth-order valence-corrected chi connectivity index (χ4v) is 4.50. The number of carbonyl (C=O) groups excluding carboxylic acids is 1. The Morgan fingerprint density at radius 1 is 1.43 bits per heavy atom. The van der Waals surface area contributed by atoms with Crippen LogP contribution in [0.4, 0.5) is 0 Å². The molecule has 1 aromatic carbocycles. The second-order valence-corrected chi connectivity index (χ2v) is 7.37. The van der Waals surface area contributed by atoms with Gasteiger partial charge < -0.3 is 10.0 Å². The number of aliphatic imine (C=N–C) groups is 1. The van der Waals surface area contributed by atoms with E-state index in [1.165, 1.54) is 16.7 Å². The number of hydrogen-bond donors (Lipinski definition) is 1. The first kappa shape index (κ1) is 16.5. The number of β-lactam (4-membered cyclic amide) rings is 1. The molecule has 0 aromatic heterocycles. The molecule has 0 aliphatic carbocycles. The third-order valence-electron chi connectivity index (χ3n) is 3.86. The predicted octanol–water partition coefficient (Wildman–Crippen LogP) is 2.36. The van der Waals surface area contributed by atoms with E-state index in [2.05, 4.69) is 34.2 Å². The van der Waals surface area contributed by atoms with Crippen molar-refractivity contribution in [3.05, 3.63) is 48.0 Å². The molecule has 2 aliphatic heterocycles. The van der Waals surface area contributed by atoms with Crippen LogP contribution in [0.3, 0.4) is 0 Å². The van der Waals surface area contributed by atoms with E-state index in [-0.39, 0.29) is 11.3 Å². The Morgan fingerprint density at radius 3 is 2.74 bits per heavy atom. The standard InChI is InChI=1S/C16H15IN2O3S/c1-9(8-17)13(16(21)22)19-14(20)12-15(19)23-11(18-12)7-10-5-3-2-4-6-10/h2-6,12-13,15H,1,7-8H2,(H,21,22). The van der Waals surface area contributed by atoms with E-state index in [9.17, 15) is 14.7 Å². The van der Waals surface area contributed by atoms with Gasteiger partial charge >= 0.3 is 5.97 Å². The number of carboxylic acids is 1. The number of hydrogen-bond acceptors (Lipinski definition) is 4. The average Bonchev–Trinajstić information content (AvgIpc) is 2.91. The molecule has 7 heteroatoms. The summed E-state index contributed by atoms with van der Waals surface area (Å²) in [5.41, 5.74) is 1.66. The van der Waals surface area contributed by atoms with Gasteiger partial charge in [-0.1, -0.05) is 71.3 Å². The molecule has 5 nitrogen and oxygen atoms in total. The second kappa shape index (κ2) is 6.64. The van der Waals surface area contributed by atoms with Crippen LogP contribution in [-0.2, 0) is 16.0 Å². The fraction of sp³-hybridized carbons (Fsp3) is 0.312. The van der Waals surface area contributed by atoms with E-state index in [4.69, 9.17) is 0 Å². The fourth-order valence-electron chi connectivity index (χ4n) is 2.73. The minimum Gasteiger partial charge on any atom is -0.479 e. The molecule has 120 valence electrons. The van der Waals surface area contributed by atoms with Crippen molar-refractivity contribution in [3.8, 4) is 0 Å². The van der Waals surface area contributed by atoms with Gasteiger partial charge in [0.2, 0.25) is 0 Å². The number of carbonyl (C=O) groups is 2. The summed E-state index contributed by atoms with van der Waals surface area (Å²) in [6, 6.07) is 8.51.